The monoisotopic (exact) mass is 276 g/mol. The third-order valence-corrected chi connectivity index (χ3v) is 3.13. The number of alkyl halides is 3. The second-order valence-corrected chi connectivity index (χ2v) is 4.50. The number of benzene rings is 1. The normalized spacial score (nSPS) is 20.4. The summed E-state index contributed by atoms with van der Waals surface area (Å²) in [4.78, 5) is 11.7. The zero-order valence-corrected chi connectivity index (χ0v) is 9.97. The quantitative estimate of drug-likeness (QED) is 0.764. The summed E-state index contributed by atoms with van der Waals surface area (Å²) in [6.07, 6.45) is -2.51. The van der Waals surface area contributed by atoms with E-state index in [9.17, 15) is 22.4 Å². The molecule has 1 aliphatic carbocycles. The Kier molecular flexibility index (Phi) is 3.78. The molecule has 104 valence electrons. The summed E-state index contributed by atoms with van der Waals surface area (Å²) in [6, 6.07) is 2.77. The molecule has 6 heteroatoms. The maximum atomic E-state index is 13.7. The fourth-order valence-corrected chi connectivity index (χ4v) is 2.30. The van der Waals surface area contributed by atoms with Crippen LogP contribution in [0.4, 0.5) is 17.6 Å². The molecule has 0 heterocycles. The molecular weight excluding hydrogens is 264 g/mol. The Balaban J connectivity index is 2.28. The van der Waals surface area contributed by atoms with Crippen LogP contribution in [-0.4, -0.2) is 12.1 Å². The van der Waals surface area contributed by atoms with E-state index >= 15 is 0 Å². The van der Waals surface area contributed by atoms with Gasteiger partial charge in [0.05, 0.1) is 0 Å². The summed E-state index contributed by atoms with van der Waals surface area (Å²) in [7, 11) is 0. The molecule has 1 saturated carbocycles. The van der Waals surface area contributed by atoms with Crippen molar-refractivity contribution in [2.24, 2.45) is 0 Å². The number of hydrogen-bond acceptors (Lipinski definition) is 2. The van der Waals surface area contributed by atoms with Crippen LogP contribution >= 0.6 is 0 Å². The van der Waals surface area contributed by atoms with E-state index < -0.39 is 23.8 Å². The van der Waals surface area contributed by atoms with Gasteiger partial charge in [-0.3, -0.25) is 4.79 Å². The lowest BCUT2D eigenvalue weighted by Crippen LogP contribution is -2.20. The zero-order chi connectivity index (χ0) is 14.0. The molecule has 1 aromatic carbocycles. The average molecular weight is 276 g/mol. The predicted molar refractivity (Wildman–Crippen MR) is 59.3 cm³/mol. The van der Waals surface area contributed by atoms with Crippen molar-refractivity contribution in [1.82, 2.24) is 0 Å². The molecule has 0 radical (unpaired) electrons. The van der Waals surface area contributed by atoms with Gasteiger partial charge < -0.3 is 4.74 Å². The number of halogens is 4. The smallest absolute Gasteiger partial charge is 0.406 e. The summed E-state index contributed by atoms with van der Waals surface area (Å²) < 4.78 is 53.7. The SMILES string of the molecule is O=C1CCCCC1c1cc(OC(F)(F)F)ccc1F. The minimum Gasteiger partial charge on any atom is -0.406 e. The van der Waals surface area contributed by atoms with Crippen molar-refractivity contribution in [3.05, 3.63) is 29.6 Å². The highest BCUT2D eigenvalue weighted by molar-refractivity contribution is 5.86. The van der Waals surface area contributed by atoms with Gasteiger partial charge in [-0.1, -0.05) is 6.42 Å². The second kappa shape index (κ2) is 5.19. The van der Waals surface area contributed by atoms with E-state index in [-0.39, 0.29) is 11.3 Å². The lowest BCUT2D eigenvalue weighted by molar-refractivity contribution is -0.274. The molecule has 0 spiro atoms. The third-order valence-electron chi connectivity index (χ3n) is 3.13. The van der Waals surface area contributed by atoms with Gasteiger partial charge in [-0.15, -0.1) is 13.2 Å². The third kappa shape index (κ3) is 3.45. The minimum absolute atomic E-state index is 0.00792. The number of hydrogen-bond donors (Lipinski definition) is 0. The van der Waals surface area contributed by atoms with Crippen LogP contribution < -0.4 is 4.74 Å². The molecule has 0 N–H and O–H groups in total. The van der Waals surface area contributed by atoms with Gasteiger partial charge >= 0.3 is 6.36 Å². The first kappa shape index (κ1) is 13.8. The highest BCUT2D eigenvalue weighted by atomic mass is 19.4. The van der Waals surface area contributed by atoms with E-state index in [1.807, 2.05) is 0 Å². The van der Waals surface area contributed by atoms with Crippen molar-refractivity contribution in [3.8, 4) is 5.75 Å². The van der Waals surface area contributed by atoms with Crippen LogP contribution in [0.25, 0.3) is 0 Å². The highest BCUT2D eigenvalue weighted by Gasteiger charge is 2.32. The lowest BCUT2D eigenvalue weighted by Gasteiger charge is -2.22. The molecule has 0 amide bonds. The maximum Gasteiger partial charge on any atom is 0.573 e. The molecule has 0 aromatic heterocycles. The van der Waals surface area contributed by atoms with Crippen molar-refractivity contribution in [2.75, 3.05) is 0 Å². The number of carbonyl (C=O) groups excluding carboxylic acids is 1. The van der Waals surface area contributed by atoms with Crippen LogP contribution in [0, 0.1) is 5.82 Å². The number of ether oxygens (including phenoxy) is 1. The molecule has 1 aromatic rings. The van der Waals surface area contributed by atoms with Crippen LogP contribution in [-0.2, 0) is 4.79 Å². The number of rotatable bonds is 2. The Morgan fingerprint density at radius 1 is 1.21 bits per heavy atom. The molecular formula is C13H12F4O2. The first-order valence-corrected chi connectivity index (χ1v) is 5.95. The van der Waals surface area contributed by atoms with Crippen molar-refractivity contribution in [2.45, 2.75) is 38.0 Å². The molecule has 0 bridgehead atoms. The predicted octanol–water partition coefficient (Wildman–Crippen LogP) is 3.95. The van der Waals surface area contributed by atoms with E-state index in [0.717, 1.165) is 31.0 Å². The minimum atomic E-state index is -4.83. The Bertz CT molecular complexity index is 482. The fraction of sp³-hybridized carbons (Fsp3) is 0.462. The lowest BCUT2D eigenvalue weighted by atomic mass is 9.83. The highest BCUT2D eigenvalue weighted by Crippen LogP contribution is 2.34. The van der Waals surface area contributed by atoms with Gasteiger partial charge in [0.25, 0.3) is 0 Å². The van der Waals surface area contributed by atoms with Gasteiger partial charge in [-0.25, -0.2) is 4.39 Å². The standard InChI is InChI=1S/C13H12F4O2/c14-11-6-5-8(19-13(15,16)17)7-10(11)9-3-1-2-4-12(9)18/h5-7,9H,1-4H2. The van der Waals surface area contributed by atoms with Crippen molar-refractivity contribution in [3.63, 3.8) is 0 Å². The van der Waals surface area contributed by atoms with Gasteiger partial charge in [0, 0.05) is 17.9 Å². The molecule has 0 saturated heterocycles. The van der Waals surface area contributed by atoms with Crippen molar-refractivity contribution >= 4 is 5.78 Å². The molecule has 2 rings (SSSR count). The van der Waals surface area contributed by atoms with E-state index in [1.165, 1.54) is 0 Å². The summed E-state index contributed by atoms with van der Waals surface area (Å²) in [5.41, 5.74) is -0.00792. The zero-order valence-electron chi connectivity index (χ0n) is 9.97. The first-order valence-electron chi connectivity index (χ1n) is 5.95. The van der Waals surface area contributed by atoms with Gasteiger partial charge in [0.1, 0.15) is 17.3 Å². The Morgan fingerprint density at radius 3 is 2.58 bits per heavy atom. The topological polar surface area (TPSA) is 26.3 Å². The maximum absolute atomic E-state index is 13.7. The van der Waals surface area contributed by atoms with Crippen LogP contribution in [0.1, 0.15) is 37.2 Å². The van der Waals surface area contributed by atoms with E-state index in [0.29, 0.717) is 12.8 Å². The summed E-state index contributed by atoms with van der Waals surface area (Å²) in [6.45, 7) is 0. The fourth-order valence-electron chi connectivity index (χ4n) is 2.30. The number of carbonyl (C=O) groups is 1. The van der Waals surface area contributed by atoms with Gasteiger partial charge in [0.2, 0.25) is 0 Å². The molecule has 0 aliphatic heterocycles. The Morgan fingerprint density at radius 2 is 1.95 bits per heavy atom. The average Bonchev–Trinajstić information content (AvgIpc) is 2.31. The second-order valence-electron chi connectivity index (χ2n) is 4.50. The molecule has 1 fully saturated rings. The number of ketones is 1. The van der Waals surface area contributed by atoms with Crippen LogP contribution in [0.2, 0.25) is 0 Å². The summed E-state index contributed by atoms with van der Waals surface area (Å²) in [5, 5.41) is 0. The molecule has 19 heavy (non-hydrogen) atoms. The summed E-state index contributed by atoms with van der Waals surface area (Å²) >= 11 is 0. The van der Waals surface area contributed by atoms with Crippen LogP contribution in [0.5, 0.6) is 5.75 Å². The number of Topliss-reactive ketones (excluding diaryl/α,β-unsaturated/α-hetero) is 1. The Labute approximate surface area is 107 Å². The largest absolute Gasteiger partial charge is 0.573 e. The van der Waals surface area contributed by atoms with Crippen LogP contribution in [0.15, 0.2) is 18.2 Å². The molecule has 1 aliphatic rings. The first-order chi connectivity index (χ1) is 8.87. The van der Waals surface area contributed by atoms with E-state index in [1.54, 1.807) is 0 Å². The van der Waals surface area contributed by atoms with Crippen molar-refractivity contribution in [1.29, 1.82) is 0 Å². The van der Waals surface area contributed by atoms with E-state index in [4.69, 9.17) is 0 Å². The van der Waals surface area contributed by atoms with Crippen molar-refractivity contribution < 1.29 is 27.1 Å². The van der Waals surface area contributed by atoms with Gasteiger partial charge in [-0.05, 0) is 31.0 Å². The van der Waals surface area contributed by atoms with Gasteiger partial charge in [-0.2, -0.15) is 0 Å². The van der Waals surface area contributed by atoms with E-state index in [2.05, 4.69) is 4.74 Å². The van der Waals surface area contributed by atoms with Gasteiger partial charge in [0.15, 0.2) is 0 Å². The molecule has 1 unspecified atom stereocenters. The Hall–Kier alpha value is -1.59. The summed E-state index contributed by atoms with van der Waals surface area (Å²) in [5.74, 6) is -1.96. The molecule has 2 nitrogen and oxygen atoms in total. The molecule has 1 atom stereocenters. The van der Waals surface area contributed by atoms with Crippen LogP contribution in [0.3, 0.4) is 0 Å².